The quantitative estimate of drug-likeness (QED) is 0.378. The van der Waals surface area contributed by atoms with Crippen LogP contribution in [0.4, 0.5) is 13.2 Å². The predicted molar refractivity (Wildman–Crippen MR) is 135 cm³/mol. The van der Waals surface area contributed by atoms with Gasteiger partial charge in [-0.25, -0.2) is 8.42 Å². The Labute approximate surface area is 218 Å². The largest absolute Gasteiger partial charge is 0.497 e. The minimum Gasteiger partial charge on any atom is -0.497 e. The van der Waals surface area contributed by atoms with Gasteiger partial charge in [-0.2, -0.15) is 17.5 Å². The molecule has 0 aliphatic carbocycles. The minimum atomic E-state index is -4.69. The SMILES string of the molecule is CCCN(CC(=O)N1CCc2sccc2C1c1ccc(OC)cc1)S(=O)(=O)c1cccc(C(F)(F)F)c1. The predicted octanol–water partition coefficient (Wildman–Crippen LogP) is 5.35. The molecule has 11 heteroatoms. The number of ether oxygens (including phenoxy) is 1. The highest BCUT2D eigenvalue weighted by molar-refractivity contribution is 7.89. The van der Waals surface area contributed by atoms with Crippen molar-refractivity contribution in [3.05, 3.63) is 81.5 Å². The van der Waals surface area contributed by atoms with E-state index < -0.39 is 45.2 Å². The maximum Gasteiger partial charge on any atom is 0.416 e. The molecular weight excluding hydrogens is 525 g/mol. The molecule has 1 unspecified atom stereocenters. The lowest BCUT2D eigenvalue weighted by molar-refractivity contribution is -0.137. The van der Waals surface area contributed by atoms with Gasteiger partial charge in [-0.3, -0.25) is 4.79 Å². The number of alkyl halides is 3. The lowest BCUT2D eigenvalue weighted by Crippen LogP contribution is -2.46. The van der Waals surface area contributed by atoms with Crippen LogP contribution in [0.3, 0.4) is 0 Å². The van der Waals surface area contributed by atoms with Gasteiger partial charge in [-0.05, 0) is 65.7 Å². The molecule has 1 amide bonds. The summed E-state index contributed by atoms with van der Waals surface area (Å²) in [7, 11) is -2.78. The molecule has 4 rings (SSSR count). The molecule has 0 bridgehead atoms. The van der Waals surface area contributed by atoms with Gasteiger partial charge < -0.3 is 9.64 Å². The third-order valence-electron chi connectivity index (χ3n) is 6.30. The average molecular weight is 553 g/mol. The van der Waals surface area contributed by atoms with Crippen molar-refractivity contribution in [1.82, 2.24) is 9.21 Å². The highest BCUT2D eigenvalue weighted by Crippen LogP contribution is 2.38. The van der Waals surface area contributed by atoms with Crippen molar-refractivity contribution < 1.29 is 31.1 Å². The molecule has 37 heavy (non-hydrogen) atoms. The first-order chi connectivity index (χ1) is 17.6. The van der Waals surface area contributed by atoms with Gasteiger partial charge in [0, 0.05) is 18.0 Å². The molecule has 2 aromatic carbocycles. The van der Waals surface area contributed by atoms with Gasteiger partial charge in [-0.15, -0.1) is 11.3 Å². The minimum absolute atomic E-state index is 0.00490. The standard InChI is InChI=1S/C26H27F3N2O4S2/c1-3-13-30(37(33,34)21-6-4-5-19(16-21)26(27,28)29)17-24(32)31-14-11-23-22(12-15-36-23)25(31)18-7-9-20(35-2)10-8-18/h4-10,12,15-16,25H,3,11,13-14,17H2,1-2H3. The van der Waals surface area contributed by atoms with E-state index >= 15 is 0 Å². The molecule has 2 heterocycles. The Morgan fingerprint density at radius 2 is 1.89 bits per heavy atom. The van der Waals surface area contributed by atoms with E-state index in [0.717, 1.165) is 38.5 Å². The molecular formula is C26H27F3N2O4S2. The van der Waals surface area contributed by atoms with Crippen molar-refractivity contribution >= 4 is 27.3 Å². The van der Waals surface area contributed by atoms with Gasteiger partial charge in [0.1, 0.15) is 5.75 Å². The van der Waals surface area contributed by atoms with E-state index in [-0.39, 0.29) is 6.54 Å². The zero-order chi connectivity index (χ0) is 26.8. The van der Waals surface area contributed by atoms with E-state index in [0.29, 0.717) is 31.2 Å². The number of halogens is 3. The summed E-state index contributed by atoms with van der Waals surface area (Å²) in [4.78, 5) is 16.0. The number of thiophene rings is 1. The summed E-state index contributed by atoms with van der Waals surface area (Å²) >= 11 is 1.61. The Morgan fingerprint density at radius 3 is 2.54 bits per heavy atom. The third-order valence-corrected chi connectivity index (χ3v) is 9.14. The summed E-state index contributed by atoms with van der Waals surface area (Å²) in [5.41, 5.74) is 0.783. The number of benzene rings is 2. The summed E-state index contributed by atoms with van der Waals surface area (Å²) in [6.07, 6.45) is -3.66. The van der Waals surface area contributed by atoms with Gasteiger partial charge in [0.05, 0.1) is 30.2 Å². The Hall–Kier alpha value is -2.89. The molecule has 3 aromatic rings. The highest BCUT2D eigenvalue weighted by atomic mass is 32.2. The lowest BCUT2D eigenvalue weighted by atomic mass is 9.93. The van der Waals surface area contributed by atoms with Crippen molar-refractivity contribution in [1.29, 1.82) is 0 Å². The van der Waals surface area contributed by atoms with E-state index in [1.165, 1.54) is 0 Å². The zero-order valence-corrected chi connectivity index (χ0v) is 22.0. The molecule has 6 nitrogen and oxygen atoms in total. The van der Waals surface area contributed by atoms with Crippen LogP contribution in [0.2, 0.25) is 0 Å². The fourth-order valence-corrected chi connectivity index (χ4v) is 6.92. The van der Waals surface area contributed by atoms with Gasteiger partial charge in [0.25, 0.3) is 0 Å². The summed E-state index contributed by atoms with van der Waals surface area (Å²) < 4.78 is 72.7. The van der Waals surface area contributed by atoms with E-state index in [4.69, 9.17) is 4.74 Å². The summed E-state index contributed by atoms with van der Waals surface area (Å²) in [6.45, 7) is 1.66. The molecule has 0 saturated heterocycles. The molecule has 1 atom stereocenters. The van der Waals surface area contributed by atoms with Crippen molar-refractivity contribution in [3.8, 4) is 5.75 Å². The number of hydrogen-bond donors (Lipinski definition) is 0. The fourth-order valence-electron chi connectivity index (χ4n) is 4.49. The van der Waals surface area contributed by atoms with E-state index in [9.17, 15) is 26.4 Å². The number of nitrogens with zero attached hydrogens (tertiary/aromatic N) is 2. The normalized spacial score (nSPS) is 16.1. The van der Waals surface area contributed by atoms with Gasteiger partial charge in [0.15, 0.2) is 0 Å². The maximum absolute atomic E-state index is 13.6. The van der Waals surface area contributed by atoms with E-state index in [1.54, 1.807) is 42.4 Å². The second kappa shape index (κ2) is 10.8. The molecule has 1 aliphatic rings. The summed E-state index contributed by atoms with van der Waals surface area (Å²) in [6, 6.07) is 12.5. The van der Waals surface area contributed by atoms with Crippen LogP contribution in [-0.4, -0.2) is 50.3 Å². The highest BCUT2D eigenvalue weighted by Gasteiger charge is 2.37. The van der Waals surface area contributed by atoms with Crippen LogP contribution in [0, 0.1) is 0 Å². The molecule has 198 valence electrons. The Kier molecular flexibility index (Phi) is 7.96. The van der Waals surface area contributed by atoms with Crippen LogP contribution in [0.15, 0.2) is 64.9 Å². The number of methoxy groups -OCH3 is 1. The first kappa shape index (κ1) is 27.2. The number of carbonyl (C=O) groups excluding carboxylic acids is 1. The van der Waals surface area contributed by atoms with Crippen molar-refractivity contribution in [2.24, 2.45) is 0 Å². The van der Waals surface area contributed by atoms with Crippen molar-refractivity contribution in [2.45, 2.75) is 36.9 Å². The van der Waals surface area contributed by atoms with Crippen LogP contribution in [-0.2, 0) is 27.4 Å². The van der Waals surface area contributed by atoms with Gasteiger partial charge in [-0.1, -0.05) is 25.1 Å². The van der Waals surface area contributed by atoms with Crippen LogP contribution < -0.4 is 4.74 Å². The topological polar surface area (TPSA) is 66.9 Å². The van der Waals surface area contributed by atoms with Crippen molar-refractivity contribution in [3.63, 3.8) is 0 Å². The molecule has 1 aliphatic heterocycles. The van der Waals surface area contributed by atoms with Crippen LogP contribution in [0.25, 0.3) is 0 Å². The molecule has 0 N–H and O–H groups in total. The molecule has 0 spiro atoms. The smallest absolute Gasteiger partial charge is 0.416 e. The Balaban J connectivity index is 1.65. The zero-order valence-electron chi connectivity index (χ0n) is 20.4. The number of carbonyl (C=O) groups is 1. The fraction of sp³-hybridized carbons (Fsp3) is 0.346. The monoisotopic (exact) mass is 552 g/mol. The molecule has 0 saturated carbocycles. The lowest BCUT2D eigenvalue weighted by Gasteiger charge is -2.37. The number of rotatable bonds is 8. The van der Waals surface area contributed by atoms with E-state index in [2.05, 4.69) is 0 Å². The Morgan fingerprint density at radius 1 is 1.16 bits per heavy atom. The summed E-state index contributed by atoms with van der Waals surface area (Å²) in [5.74, 6) is 0.256. The average Bonchev–Trinajstić information content (AvgIpc) is 3.36. The molecule has 0 fully saturated rings. The number of amides is 1. The molecule has 0 radical (unpaired) electrons. The van der Waals surface area contributed by atoms with Crippen molar-refractivity contribution in [2.75, 3.05) is 26.7 Å². The first-order valence-electron chi connectivity index (χ1n) is 11.7. The van der Waals surface area contributed by atoms with Crippen LogP contribution >= 0.6 is 11.3 Å². The van der Waals surface area contributed by atoms with Gasteiger partial charge >= 0.3 is 6.18 Å². The number of hydrogen-bond acceptors (Lipinski definition) is 5. The molecule has 1 aromatic heterocycles. The first-order valence-corrected chi connectivity index (χ1v) is 14.0. The number of fused-ring (bicyclic) bond motifs is 1. The maximum atomic E-state index is 13.6. The second-order valence-corrected chi connectivity index (χ2v) is 11.6. The van der Waals surface area contributed by atoms with Gasteiger partial charge in [0.2, 0.25) is 15.9 Å². The van der Waals surface area contributed by atoms with Crippen LogP contribution in [0.1, 0.15) is 41.0 Å². The Bertz CT molecular complexity index is 1350. The van der Waals surface area contributed by atoms with Crippen LogP contribution in [0.5, 0.6) is 5.75 Å². The third kappa shape index (κ3) is 5.68. The number of sulfonamides is 1. The van der Waals surface area contributed by atoms with E-state index in [1.807, 2.05) is 23.6 Å². The second-order valence-electron chi connectivity index (χ2n) is 8.68. The summed E-state index contributed by atoms with van der Waals surface area (Å²) in [5, 5.41) is 1.97.